The largest absolute Gasteiger partial charge is 0.493 e. The first kappa shape index (κ1) is 18.5. The maximum Gasteiger partial charge on any atom is 0.305 e. The number of amides is 1. The molecule has 6 heteroatoms. The van der Waals surface area contributed by atoms with Crippen LogP contribution in [0.2, 0.25) is 0 Å². The molecule has 1 saturated heterocycles. The van der Waals surface area contributed by atoms with E-state index in [1.165, 1.54) is 5.56 Å². The lowest BCUT2D eigenvalue weighted by Crippen LogP contribution is -2.46. The molecule has 1 aromatic rings. The van der Waals surface area contributed by atoms with E-state index in [4.69, 9.17) is 14.2 Å². The number of esters is 1. The Morgan fingerprint density at radius 3 is 2.62 bits per heavy atom. The summed E-state index contributed by atoms with van der Waals surface area (Å²) in [6.07, 6.45) is 3.27. The Kier molecular flexibility index (Phi) is 5.69. The Morgan fingerprint density at radius 1 is 1.19 bits per heavy atom. The zero-order valence-corrected chi connectivity index (χ0v) is 15.7. The summed E-state index contributed by atoms with van der Waals surface area (Å²) in [4.78, 5) is 26.3. The molecule has 0 radical (unpaired) electrons. The molecule has 2 heterocycles. The molecule has 0 saturated carbocycles. The highest BCUT2D eigenvalue weighted by molar-refractivity contribution is 5.78. The number of methoxy groups -OCH3 is 2. The molecule has 1 fully saturated rings. The van der Waals surface area contributed by atoms with Crippen LogP contribution in [0, 0.1) is 5.92 Å². The van der Waals surface area contributed by atoms with Crippen LogP contribution in [-0.4, -0.2) is 44.1 Å². The van der Waals surface area contributed by atoms with Crippen molar-refractivity contribution in [2.45, 2.75) is 45.1 Å². The molecule has 0 N–H and O–H groups in total. The average molecular weight is 361 g/mol. The van der Waals surface area contributed by atoms with Gasteiger partial charge in [0.25, 0.3) is 0 Å². The number of hydrogen-bond acceptors (Lipinski definition) is 5. The monoisotopic (exact) mass is 361 g/mol. The van der Waals surface area contributed by atoms with Gasteiger partial charge in [-0.25, -0.2) is 0 Å². The molecule has 142 valence electrons. The lowest BCUT2D eigenvalue weighted by Gasteiger charge is -2.45. The predicted octanol–water partition coefficient (Wildman–Crippen LogP) is 2.88. The molecule has 0 spiro atoms. The number of piperidine rings is 1. The van der Waals surface area contributed by atoms with Crippen molar-refractivity contribution in [1.29, 1.82) is 0 Å². The van der Waals surface area contributed by atoms with Crippen LogP contribution in [-0.2, 0) is 20.7 Å². The third-order valence-corrected chi connectivity index (χ3v) is 5.44. The lowest BCUT2D eigenvalue weighted by molar-refractivity contribution is -0.144. The fourth-order valence-corrected chi connectivity index (χ4v) is 4.21. The Hall–Kier alpha value is -2.24. The van der Waals surface area contributed by atoms with Crippen LogP contribution < -0.4 is 9.47 Å². The van der Waals surface area contributed by atoms with Crippen molar-refractivity contribution in [3.8, 4) is 11.5 Å². The van der Waals surface area contributed by atoms with Crippen molar-refractivity contribution in [1.82, 2.24) is 4.90 Å². The van der Waals surface area contributed by atoms with Crippen molar-refractivity contribution in [3.05, 3.63) is 23.3 Å². The molecular weight excluding hydrogens is 334 g/mol. The summed E-state index contributed by atoms with van der Waals surface area (Å²) in [6.45, 7) is 2.93. The molecule has 0 aromatic heterocycles. The van der Waals surface area contributed by atoms with Crippen molar-refractivity contribution in [2.24, 2.45) is 5.92 Å². The summed E-state index contributed by atoms with van der Waals surface area (Å²) in [5.74, 6) is 1.66. The normalized spacial score (nSPS) is 21.7. The SMILES string of the molecule is CCOC(=O)CC[C@@H]1CCC(=O)N2CCc3cc(OC)c(OC)cc3[C@@H]12. The first-order valence-corrected chi connectivity index (χ1v) is 9.28. The maximum absolute atomic E-state index is 12.5. The van der Waals surface area contributed by atoms with E-state index in [1.807, 2.05) is 24.0 Å². The molecule has 0 unspecified atom stereocenters. The van der Waals surface area contributed by atoms with Crippen LogP contribution in [0.5, 0.6) is 11.5 Å². The van der Waals surface area contributed by atoms with E-state index < -0.39 is 0 Å². The lowest BCUT2D eigenvalue weighted by atomic mass is 9.77. The topological polar surface area (TPSA) is 65.1 Å². The van der Waals surface area contributed by atoms with Crippen LogP contribution in [0.4, 0.5) is 0 Å². The number of benzene rings is 1. The van der Waals surface area contributed by atoms with Gasteiger partial charge in [0.2, 0.25) is 5.91 Å². The third-order valence-electron chi connectivity index (χ3n) is 5.44. The molecule has 2 atom stereocenters. The minimum absolute atomic E-state index is 0.00534. The minimum atomic E-state index is -0.167. The average Bonchev–Trinajstić information content (AvgIpc) is 2.66. The number of hydrogen-bond donors (Lipinski definition) is 0. The van der Waals surface area contributed by atoms with Crippen LogP contribution >= 0.6 is 0 Å². The molecule has 1 amide bonds. The van der Waals surface area contributed by atoms with Gasteiger partial charge in [-0.15, -0.1) is 0 Å². The molecule has 1 aromatic carbocycles. The van der Waals surface area contributed by atoms with Crippen molar-refractivity contribution < 1.29 is 23.8 Å². The first-order chi connectivity index (χ1) is 12.6. The molecule has 0 aliphatic carbocycles. The Labute approximate surface area is 154 Å². The van der Waals surface area contributed by atoms with Crippen molar-refractivity contribution in [3.63, 3.8) is 0 Å². The van der Waals surface area contributed by atoms with Gasteiger partial charge in [-0.1, -0.05) is 0 Å². The smallest absolute Gasteiger partial charge is 0.305 e. The Bertz CT molecular complexity index is 687. The molecule has 2 aliphatic rings. The van der Waals surface area contributed by atoms with Gasteiger partial charge in [-0.05, 0) is 55.4 Å². The summed E-state index contributed by atoms with van der Waals surface area (Å²) in [5.41, 5.74) is 2.32. The van der Waals surface area contributed by atoms with Crippen LogP contribution in [0.25, 0.3) is 0 Å². The van der Waals surface area contributed by atoms with E-state index in [9.17, 15) is 9.59 Å². The molecule has 26 heavy (non-hydrogen) atoms. The molecule has 0 bridgehead atoms. The fraction of sp³-hybridized carbons (Fsp3) is 0.600. The second-order valence-corrected chi connectivity index (χ2v) is 6.83. The van der Waals surface area contributed by atoms with Gasteiger partial charge < -0.3 is 19.1 Å². The van der Waals surface area contributed by atoms with E-state index in [0.717, 1.165) is 24.8 Å². The molecule has 3 rings (SSSR count). The van der Waals surface area contributed by atoms with Crippen molar-refractivity contribution in [2.75, 3.05) is 27.4 Å². The fourth-order valence-electron chi connectivity index (χ4n) is 4.21. The second kappa shape index (κ2) is 7.98. The zero-order valence-electron chi connectivity index (χ0n) is 15.7. The van der Waals surface area contributed by atoms with E-state index in [1.54, 1.807) is 14.2 Å². The summed E-state index contributed by atoms with van der Waals surface area (Å²) < 4.78 is 16.0. The third kappa shape index (κ3) is 3.50. The molecular formula is C20H27NO5. The number of ether oxygens (including phenoxy) is 3. The number of fused-ring (bicyclic) bond motifs is 3. The standard InChI is InChI=1S/C20H27NO5/c1-4-26-19(23)8-6-13-5-7-18(22)21-10-9-14-11-16(24-2)17(25-3)12-15(14)20(13)21/h11-13,20H,4-10H2,1-3H3/t13-,20+/m0/s1. The summed E-state index contributed by atoms with van der Waals surface area (Å²) in [6, 6.07) is 4.02. The van der Waals surface area contributed by atoms with Crippen LogP contribution in [0.3, 0.4) is 0 Å². The Balaban J connectivity index is 1.90. The first-order valence-electron chi connectivity index (χ1n) is 9.28. The van der Waals surface area contributed by atoms with Gasteiger partial charge >= 0.3 is 5.97 Å². The number of carbonyl (C=O) groups excluding carboxylic acids is 2. The summed E-state index contributed by atoms with van der Waals surface area (Å²) in [5, 5.41) is 0. The highest BCUT2D eigenvalue weighted by atomic mass is 16.5. The molecule has 2 aliphatic heterocycles. The number of nitrogens with zero attached hydrogens (tertiary/aromatic N) is 1. The van der Waals surface area contributed by atoms with Gasteiger partial charge in [-0.2, -0.15) is 0 Å². The minimum Gasteiger partial charge on any atom is -0.493 e. The highest BCUT2D eigenvalue weighted by Crippen LogP contribution is 2.46. The van der Waals surface area contributed by atoms with Gasteiger partial charge in [0.05, 0.1) is 26.9 Å². The van der Waals surface area contributed by atoms with Crippen molar-refractivity contribution >= 4 is 11.9 Å². The van der Waals surface area contributed by atoms with Crippen LogP contribution in [0.15, 0.2) is 12.1 Å². The van der Waals surface area contributed by atoms with E-state index in [2.05, 4.69) is 0 Å². The van der Waals surface area contributed by atoms with E-state index in [0.29, 0.717) is 37.5 Å². The Morgan fingerprint density at radius 2 is 1.92 bits per heavy atom. The van der Waals surface area contributed by atoms with Gasteiger partial charge in [-0.3, -0.25) is 9.59 Å². The number of carbonyl (C=O) groups is 2. The summed E-state index contributed by atoms with van der Waals surface area (Å²) >= 11 is 0. The highest BCUT2D eigenvalue weighted by Gasteiger charge is 2.40. The molecule has 6 nitrogen and oxygen atoms in total. The van der Waals surface area contributed by atoms with Crippen LogP contribution in [0.1, 0.15) is 49.8 Å². The maximum atomic E-state index is 12.5. The van der Waals surface area contributed by atoms with E-state index >= 15 is 0 Å². The van der Waals surface area contributed by atoms with E-state index in [-0.39, 0.29) is 23.8 Å². The second-order valence-electron chi connectivity index (χ2n) is 6.83. The zero-order chi connectivity index (χ0) is 18.7. The van der Waals surface area contributed by atoms with Gasteiger partial charge in [0, 0.05) is 19.4 Å². The van der Waals surface area contributed by atoms with Gasteiger partial charge in [0.15, 0.2) is 11.5 Å². The quantitative estimate of drug-likeness (QED) is 0.729. The predicted molar refractivity (Wildman–Crippen MR) is 96.3 cm³/mol. The number of rotatable bonds is 6. The van der Waals surface area contributed by atoms with Gasteiger partial charge in [0.1, 0.15) is 0 Å². The summed E-state index contributed by atoms with van der Waals surface area (Å²) in [7, 11) is 3.25.